The highest BCUT2D eigenvalue weighted by molar-refractivity contribution is 6.24. The Balaban J connectivity index is 1.63. The van der Waals surface area contributed by atoms with Crippen LogP contribution in [0.3, 0.4) is 0 Å². The van der Waals surface area contributed by atoms with Crippen LogP contribution in [0.5, 0.6) is 0 Å². The molecule has 0 bridgehead atoms. The van der Waals surface area contributed by atoms with Gasteiger partial charge in [-0.3, -0.25) is 34.3 Å². The molecule has 0 aromatic heterocycles. The molecule has 148 valence electrons. The summed E-state index contributed by atoms with van der Waals surface area (Å²) in [5, 5.41) is 12.1. The van der Waals surface area contributed by atoms with Gasteiger partial charge in [-0.1, -0.05) is 12.1 Å². The van der Waals surface area contributed by atoms with Crippen LogP contribution < -0.4 is 11.1 Å². The highest BCUT2D eigenvalue weighted by Gasteiger charge is 2.45. The molecule has 1 aromatic rings. The minimum Gasteiger partial charge on any atom is -0.392 e. The number of imide groups is 2. The first-order chi connectivity index (χ1) is 13.4. The highest BCUT2D eigenvalue weighted by atomic mass is 16.3. The van der Waals surface area contributed by atoms with Gasteiger partial charge in [-0.2, -0.15) is 0 Å². The summed E-state index contributed by atoms with van der Waals surface area (Å²) in [7, 11) is 0. The number of hydrogen-bond acceptors (Lipinski definition) is 7. The fourth-order valence-corrected chi connectivity index (χ4v) is 4.33. The van der Waals surface area contributed by atoms with E-state index in [0.29, 0.717) is 31.6 Å². The summed E-state index contributed by atoms with van der Waals surface area (Å²) >= 11 is 0. The lowest BCUT2D eigenvalue weighted by atomic mass is 10.0. The maximum Gasteiger partial charge on any atom is 0.262 e. The molecule has 4 amide bonds. The van der Waals surface area contributed by atoms with Gasteiger partial charge in [-0.05, 0) is 24.5 Å². The quantitative estimate of drug-likeness (QED) is 0.564. The molecule has 3 aliphatic rings. The fourth-order valence-electron chi connectivity index (χ4n) is 4.33. The molecule has 1 aromatic carbocycles. The van der Waals surface area contributed by atoms with Crippen LogP contribution in [0.2, 0.25) is 0 Å². The number of nitrogens with one attached hydrogen (secondary N) is 1. The van der Waals surface area contributed by atoms with Crippen LogP contribution >= 0.6 is 0 Å². The average Bonchev–Trinajstić information content (AvgIpc) is 3.13. The first-order valence-electron chi connectivity index (χ1n) is 9.36. The summed E-state index contributed by atoms with van der Waals surface area (Å²) in [4.78, 5) is 52.5. The summed E-state index contributed by atoms with van der Waals surface area (Å²) in [6.45, 7) is 1.22. The van der Waals surface area contributed by atoms with E-state index in [2.05, 4.69) is 5.32 Å². The predicted octanol–water partition coefficient (Wildman–Crippen LogP) is -1.02. The molecule has 3 aliphatic heterocycles. The Bertz CT molecular complexity index is 870. The second kappa shape index (κ2) is 7.08. The monoisotopic (exact) mass is 386 g/mol. The Morgan fingerprint density at radius 3 is 2.68 bits per heavy atom. The van der Waals surface area contributed by atoms with Gasteiger partial charge in [0.25, 0.3) is 11.8 Å². The molecule has 9 nitrogen and oxygen atoms in total. The number of β-amino-alcohol motifs (C(OH)–C–C–N with tert-alkyl or cyclic N) is 1. The number of aliphatic hydroxyl groups excluding tert-OH is 1. The number of hydrogen-bond donors (Lipinski definition) is 3. The van der Waals surface area contributed by atoms with Crippen molar-refractivity contribution in [3.8, 4) is 0 Å². The number of carbonyl (C=O) groups excluding carboxylic acids is 4. The number of nitrogens with zero attached hydrogens (tertiary/aromatic N) is 2. The number of rotatable bonds is 4. The van der Waals surface area contributed by atoms with E-state index in [9.17, 15) is 24.3 Å². The lowest BCUT2D eigenvalue weighted by molar-refractivity contribution is -0.136. The van der Waals surface area contributed by atoms with Crippen LogP contribution in [-0.2, 0) is 16.1 Å². The van der Waals surface area contributed by atoms with Gasteiger partial charge in [0.2, 0.25) is 11.8 Å². The zero-order valence-corrected chi connectivity index (χ0v) is 15.3. The van der Waals surface area contributed by atoms with E-state index in [4.69, 9.17) is 5.73 Å². The predicted molar refractivity (Wildman–Crippen MR) is 97.0 cm³/mol. The van der Waals surface area contributed by atoms with E-state index in [1.54, 1.807) is 18.2 Å². The number of carbonyl (C=O) groups is 4. The maximum absolute atomic E-state index is 13.1. The smallest absolute Gasteiger partial charge is 0.262 e. The number of amides is 4. The molecule has 1 unspecified atom stereocenters. The van der Waals surface area contributed by atoms with Crippen LogP contribution in [0.1, 0.15) is 45.5 Å². The fraction of sp³-hybridized carbons (Fsp3) is 0.474. The van der Waals surface area contributed by atoms with E-state index in [0.717, 1.165) is 4.90 Å². The number of likely N-dealkylation sites (tertiary alicyclic amines) is 1. The Morgan fingerprint density at radius 2 is 1.96 bits per heavy atom. The van der Waals surface area contributed by atoms with Crippen LogP contribution in [0.25, 0.3) is 0 Å². The first-order valence-corrected chi connectivity index (χ1v) is 9.36. The Hall–Kier alpha value is -2.62. The van der Waals surface area contributed by atoms with Crippen molar-refractivity contribution < 1.29 is 24.3 Å². The SMILES string of the molecule is NC[C@@H]1C[C@H](O)CN1Cc1cccc2c1C(=O)N(C1CCC(=O)NC1=O)C2=O. The van der Waals surface area contributed by atoms with Crippen molar-refractivity contribution in [3.63, 3.8) is 0 Å². The lowest BCUT2D eigenvalue weighted by Crippen LogP contribution is -2.54. The minimum absolute atomic E-state index is 0.00398. The standard InChI is InChI=1S/C19H22N4O5/c20-7-11-6-12(24)9-22(11)8-10-2-1-3-13-16(10)19(28)23(18(13)27)14-4-5-15(25)21-17(14)26/h1-3,11-12,14,24H,4-9,20H2,(H,21,25,26)/t11-,12-,14?/m0/s1. The Morgan fingerprint density at radius 1 is 1.18 bits per heavy atom. The van der Waals surface area contributed by atoms with Gasteiger partial charge in [0.05, 0.1) is 17.2 Å². The van der Waals surface area contributed by atoms with E-state index in [-0.39, 0.29) is 30.0 Å². The van der Waals surface area contributed by atoms with Gasteiger partial charge in [0, 0.05) is 32.1 Å². The molecule has 3 heterocycles. The summed E-state index contributed by atoms with van der Waals surface area (Å²) in [5.74, 6) is -2.07. The molecule has 28 heavy (non-hydrogen) atoms. The van der Waals surface area contributed by atoms with Crippen molar-refractivity contribution in [3.05, 3.63) is 34.9 Å². The second-order valence-corrected chi connectivity index (χ2v) is 7.50. The van der Waals surface area contributed by atoms with Gasteiger partial charge < -0.3 is 10.8 Å². The molecule has 4 rings (SSSR count). The number of aliphatic hydroxyl groups is 1. The number of fused-ring (bicyclic) bond motifs is 1. The van der Waals surface area contributed by atoms with Crippen LogP contribution in [-0.4, -0.2) is 69.8 Å². The van der Waals surface area contributed by atoms with Crippen molar-refractivity contribution in [2.24, 2.45) is 5.73 Å². The minimum atomic E-state index is -0.983. The molecular weight excluding hydrogens is 364 g/mol. The molecule has 0 spiro atoms. The van der Waals surface area contributed by atoms with Gasteiger partial charge in [-0.25, -0.2) is 0 Å². The van der Waals surface area contributed by atoms with E-state index in [1.165, 1.54) is 0 Å². The van der Waals surface area contributed by atoms with Crippen LogP contribution in [0.4, 0.5) is 0 Å². The lowest BCUT2D eigenvalue weighted by Gasteiger charge is -2.28. The second-order valence-electron chi connectivity index (χ2n) is 7.50. The highest BCUT2D eigenvalue weighted by Crippen LogP contribution is 2.31. The molecule has 4 N–H and O–H groups in total. The largest absolute Gasteiger partial charge is 0.392 e. The molecule has 2 fully saturated rings. The van der Waals surface area contributed by atoms with Crippen molar-refractivity contribution in [2.45, 2.75) is 44.0 Å². The van der Waals surface area contributed by atoms with Crippen molar-refractivity contribution >= 4 is 23.6 Å². The van der Waals surface area contributed by atoms with Gasteiger partial charge in [0.1, 0.15) is 6.04 Å². The summed E-state index contributed by atoms with van der Waals surface area (Å²) in [6.07, 6.45) is 0.308. The van der Waals surface area contributed by atoms with E-state index < -0.39 is 35.8 Å². The third-order valence-electron chi connectivity index (χ3n) is 5.71. The molecule has 9 heteroatoms. The van der Waals surface area contributed by atoms with E-state index >= 15 is 0 Å². The summed E-state index contributed by atoms with van der Waals surface area (Å²) < 4.78 is 0. The molecular formula is C19H22N4O5. The molecule has 0 radical (unpaired) electrons. The average molecular weight is 386 g/mol. The van der Waals surface area contributed by atoms with Gasteiger partial charge in [-0.15, -0.1) is 0 Å². The number of nitrogens with two attached hydrogens (primary N) is 1. The Kier molecular flexibility index (Phi) is 4.74. The number of benzene rings is 1. The molecule has 2 saturated heterocycles. The van der Waals surface area contributed by atoms with Crippen molar-refractivity contribution in [1.29, 1.82) is 0 Å². The maximum atomic E-state index is 13.1. The Labute approximate surface area is 161 Å². The zero-order chi connectivity index (χ0) is 20.0. The molecule has 3 atom stereocenters. The third kappa shape index (κ3) is 3.01. The van der Waals surface area contributed by atoms with Crippen LogP contribution in [0.15, 0.2) is 18.2 Å². The summed E-state index contributed by atoms with van der Waals surface area (Å²) in [6, 6.07) is 4.07. The molecule has 0 saturated carbocycles. The van der Waals surface area contributed by atoms with E-state index in [1.807, 2.05) is 4.90 Å². The van der Waals surface area contributed by atoms with Gasteiger partial charge in [0.15, 0.2) is 0 Å². The van der Waals surface area contributed by atoms with Crippen molar-refractivity contribution in [1.82, 2.24) is 15.1 Å². The first kappa shape index (κ1) is 18.7. The third-order valence-corrected chi connectivity index (χ3v) is 5.71. The summed E-state index contributed by atoms with van der Waals surface area (Å²) in [5.41, 5.74) is 7.01. The van der Waals surface area contributed by atoms with Crippen molar-refractivity contribution in [2.75, 3.05) is 13.1 Å². The molecule has 0 aliphatic carbocycles. The normalized spacial score (nSPS) is 28.1. The number of piperidine rings is 1. The van der Waals surface area contributed by atoms with Gasteiger partial charge >= 0.3 is 0 Å². The topological polar surface area (TPSA) is 133 Å². The van der Waals surface area contributed by atoms with Crippen LogP contribution in [0, 0.1) is 0 Å². The zero-order valence-electron chi connectivity index (χ0n) is 15.3.